The van der Waals surface area contributed by atoms with E-state index in [0.717, 1.165) is 62.7 Å². The molecular weight excluding hydrogens is 520 g/mol. The summed E-state index contributed by atoms with van der Waals surface area (Å²) < 4.78 is 4.84. The van der Waals surface area contributed by atoms with Crippen LogP contribution in [0.1, 0.15) is 36.1 Å². The van der Waals surface area contributed by atoms with Gasteiger partial charge >= 0.3 is 11.4 Å². The van der Waals surface area contributed by atoms with E-state index in [-0.39, 0.29) is 23.5 Å². The van der Waals surface area contributed by atoms with Crippen LogP contribution < -0.4 is 16.3 Å². The molecule has 0 saturated carbocycles. The summed E-state index contributed by atoms with van der Waals surface area (Å²) >= 11 is 0. The van der Waals surface area contributed by atoms with E-state index in [1.165, 1.54) is 4.57 Å². The third-order valence-electron chi connectivity index (χ3n) is 9.02. The van der Waals surface area contributed by atoms with Gasteiger partial charge in [0.15, 0.2) is 0 Å². The molecule has 1 aromatic heterocycles. The average Bonchev–Trinajstić information content (AvgIpc) is 3.31. The van der Waals surface area contributed by atoms with Gasteiger partial charge in [0.25, 0.3) is 0 Å². The minimum atomic E-state index is -0.286. The van der Waals surface area contributed by atoms with E-state index in [1.54, 1.807) is 9.36 Å². The Balaban J connectivity index is 1.48. The average molecular weight is 551 g/mol. The Hall–Kier alpha value is -5.10. The van der Waals surface area contributed by atoms with Crippen LogP contribution in [0, 0.1) is 0 Å². The van der Waals surface area contributed by atoms with Crippen molar-refractivity contribution < 1.29 is 0 Å². The molecule has 6 heteroatoms. The Kier molecular flexibility index (Phi) is 5.41. The van der Waals surface area contributed by atoms with Crippen LogP contribution in [-0.4, -0.2) is 28.0 Å². The highest BCUT2D eigenvalue weighted by molar-refractivity contribution is 6.08. The molecule has 42 heavy (non-hydrogen) atoms. The van der Waals surface area contributed by atoms with Crippen LogP contribution in [0.25, 0.3) is 38.7 Å². The summed E-state index contributed by atoms with van der Waals surface area (Å²) in [6.07, 6.45) is 1.60. The van der Waals surface area contributed by atoms with Crippen molar-refractivity contribution in [2.75, 3.05) is 19.0 Å². The van der Waals surface area contributed by atoms with Crippen molar-refractivity contribution >= 4 is 16.5 Å². The number of aromatic nitrogens is 3. The minimum absolute atomic E-state index is 0.255. The zero-order valence-electron chi connectivity index (χ0n) is 23.6. The lowest BCUT2D eigenvalue weighted by Gasteiger charge is -2.43. The highest BCUT2D eigenvalue weighted by Gasteiger charge is 2.44. The lowest BCUT2D eigenvalue weighted by atomic mass is 9.73. The number of hydrogen-bond acceptors (Lipinski definition) is 3. The number of rotatable bonds is 4. The number of fused-ring (bicyclic) bond motifs is 2. The van der Waals surface area contributed by atoms with Crippen LogP contribution in [0.2, 0.25) is 0 Å². The van der Waals surface area contributed by atoms with Gasteiger partial charge < -0.3 is 4.90 Å². The minimum Gasteiger partial charge on any atom is -0.378 e. The van der Waals surface area contributed by atoms with E-state index in [9.17, 15) is 9.59 Å². The summed E-state index contributed by atoms with van der Waals surface area (Å²) in [6.45, 7) is 0. The molecular formula is C36H30N4O2. The zero-order valence-corrected chi connectivity index (χ0v) is 23.6. The van der Waals surface area contributed by atoms with E-state index >= 15 is 0 Å². The van der Waals surface area contributed by atoms with Gasteiger partial charge in [0.05, 0.1) is 17.8 Å². The third-order valence-corrected chi connectivity index (χ3v) is 9.02. The van der Waals surface area contributed by atoms with Crippen LogP contribution in [0.3, 0.4) is 0 Å². The van der Waals surface area contributed by atoms with Crippen molar-refractivity contribution in [3.63, 3.8) is 0 Å². The summed E-state index contributed by atoms with van der Waals surface area (Å²) in [5.74, 6) is 0. The predicted molar refractivity (Wildman–Crippen MR) is 169 cm³/mol. The van der Waals surface area contributed by atoms with E-state index in [0.29, 0.717) is 5.69 Å². The van der Waals surface area contributed by atoms with E-state index in [2.05, 4.69) is 72.8 Å². The number of hydrogen-bond donors (Lipinski definition) is 0. The molecule has 0 N–H and O–H groups in total. The summed E-state index contributed by atoms with van der Waals surface area (Å²) in [6, 6.07) is 36.6. The summed E-state index contributed by atoms with van der Waals surface area (Å²) in [5.41, 5.74) is 7.91. The highest BCUT2D eigenvalue weighted by Crippen LogP contribution is 2.54. The standard InChI is InChI=1S/C36H30N4O2/c1-37(2)25-17-19-26(20-18-25)38-35(41)39-29-21-22-30(40(39)36(38)42)34-32(24-13-7-4-8-14-24)28-16-10-9-15-27(28)31(33(29)34)23-11-5-3-6-12-23/h3-20,29-30H,21-22H2,1-2H3. The molecule has 206 valence electrons. The molecule has 0 fully saturated rings. The maximum absolute atomic E-state index is 14.2. The Morgan fingerprint density at radius 1 is 0.571 bits per heavy atom. The number of benzene rings is 5. The van der Waals surface area contributed by atoms with Gasteiger partial charge in [0, 0.05) is 19.8 Å². The molecule has 3 heterocycles. The van der Waals surface area contributed by atoms with Gasteiger partial charge in [-0.05, 0) is 81.3 Å². The fraction of sp³-hybridized carbons (Fsp3) is 0.167. The Morgan fingerprint density at radius 2 is 1.00 bits per heavy atom. The highest BCUT2D eigenvalue weighted by atomic mass is 16.2. The molecule has 1 aliphatic carbocycles. The monoisotopic (exact) mass is 550 g/mol. The molecule has 2 aliphatic heterocycles. The molecule has 0 spiro atoms. The summed E-state index contributed by atoms with van der Waals surface area (Å²) in [5, 5.41) is 2.32. The van der Waals surface area contributed by atoms with Gasteiger partial charge in [-0.3, -0.25) is 0 Å². The van der Waals surface area contributed by atoms with Gasteiger partial charge in [0.2, 0.25) is 0 Å². The molecule has 6 nitrogen and oxygen atoms in total. The maximum atomic E-state index is 14.2. The van der Waals surface area contributed by atoms with Crippen molar-refractivity contribution in [3.05, 3.63) is 141 Å². The van der Waals surface area contributed by atoms with Crippen LogP contribution in [-0.2, 0) is 0 Å². The van der Waals surface area contributed by atoms with Crippen LogP contribution >= 0.6 is 0 Å². The van der Waals surface area contributed by atoms with Gasteiger partial charge in [-0.2, -0.15) is 0 Å². The predicted octanol–water partition coefficient (Wildman–Crippen LogP) is 6.64. The second-order valence-corrected chi connectivity index (χ2v) is 11.5. The van der Waals surface area contributed by atoms with Crippen molar-refractivity contribution in [2.24, 2.45) is 0 Å². The molecule has 0 amide bonds. The molecule has 6 aromatic rings. The second-order valence-electron chi connectivity index (χ2n) is 11.5. The number of nitrogens with zero attached hydrogens (tertiary/aromatic N) is 4. The first-order chi connectivity index (χ1) is 20.5. The van der Waals surface area contributed by atoms with Gasteiger partial charge in [0.1, 0.15) is 0 Å². The van der Waals surface area contributed by atoms with Gasteiger partial charge in [-0.15, -0.1) is 0 Å². The van der Waals surface area contributed by atoms with Crippen molar-refractivity contribution in [2.45, 2.75) is 24.9 Å². The van der Waals surface area contributed by atoms with E-state index < -0.39 is 0 Å². The van der Waals surface area contributed by atoms with Crippen molar-refractivity contribution in [3.8, 4) is 27.9 Å². The first kappa shape index (κ1) is 24.7. The molecule has 2 unspecified atom stereocenters. The van der Waals surface area contributed by atoms with Gasteiger partial charge in [-0.1, -0.05) is 84.9 Å². The summed E-state index contributed by atoms with van der Waals surface area (Å²) in [7, 11) is 3.95. The van der Waals surface area contributed by atoms with Gasteiger partial charge in [-0.25, -0.2) is 23.5 Å². The third kappa shape index (κ3) is 3.38. The van der Waals surface area contributed by atoms with Crippen LogP contribution in [0.15, 0.2) is 119 Å². The largest absolute Gasteiger partial charge is 0.378 e. The smallest absolute Gasteiger partial charge is 0.352 e. The Morgan fingerprint density at radius 3 is 1.43 bits per heavy atom. The Bertz CT molecular complexity index is 1980. The first-order valence-electron chi connectivity index (χ1n) is 14.5. The Labute approximate surface area is 243 Å². The normalized spacial score (nSPS) is 16.8. The summed E-state index contributed by atoms with van der Waals surface area (Å²) in [4.78, 5) is 30.4. The topological polar surface area (TPSA) is 52.2 Å². The lowest BCUT2D eigenvalue weighted by Crippen LogP contribution is -2.44. The molecule has 0 radical (unpaired) electrons. The molecule has 3 aliphatic rings. The maximum Gasteiger partial charge on any atom is 0.352 e. The molecule has 2 atom stereocenters. The second kappa shape index (κ2) is 9.21. The quantitative estimate of drug-likeness (QED) is 0.247. The van der Waals surface area contributed by atoms with E-state index in [4.69, 9.17) is 0 Å². The SMILES string of the molecule is CN(C)c1ccc(-n2c(=O)n3n(c2=O)C2CCC3c3c2c(-c2ccccc2)c2ccccc2c3-c2ccccc2)cc1. The zero-order chi connectivity index (χ0) is 28.5. The fourth-order valence-corrected chi connectivity index (χ4v) is 7.25. The fourth-order valence-electron chi connectivity index (χ4n) is 7.25. The van der Waals surface area contributed by atoms with Crippen molar-refractivity contribution in [1.29, 1.82) is 0 Å². The molecule has 9 rings (SSSR count). The molecule has 0 saturated heterocycles. The molecule has 5 aromatic carbocycles. The van der Waals surface area contributed by atoms with E-state index in [1.807, 2.05) is 55.4 Å². The lowest BCUT2D eigenvalue weighted by molar-refractivity contribution is 0.239. The van der Waals surface area contributed by atoms with Crippen LogP contribution in [0.5, 0.6) is 0 Å². The molecule has 2 bridgehead atoms. The van der Waals surface area contributed by atoms with Crippen molar-refractivity contribution in [1.82, 2.24) is 13.9 Å². The number of anilines is 1. The van der Waals surface area contributed by atoms with Crippen LogP contribution in [0.4, 0.5) is 5.69 Å². The first-order valence-corrected chi connectivity index (χ1v) is 14.5.